The smallest absolute Gasteiger partial charge is 0.157 e. The van der Waals surface area contributed by atoms with Gasteiger partial charge in [-0.05, 0) is 81.5 Å². The van der Waals surface area contributed by atoms with Gasteiger partial charge in [-0.2, -0.15) is 0 Å². The molecule has 1 aliphatic carbocycles. The van der Waals surface area contributed by atoms with Crippen LogP contribution in [0.2, 0.25) is 0 Å². The van der Waals surface area contributed by atoms with Crippen molar-refractivity contribution in [3.63, 3.8) is 0 Å². The van der Waals surface area contributed by atoms with Gasteiger partial charge in [-0.25, -0.2) is 8.78 Å². The van der Waals surface area contributed by atoms with Gasteiger partial charge in [-0.1, -0.05) is 19.1 Å². The topological polar surface area (TPSA) is 54.0 Å². The van der Waals surface area contributed by atoms with E-state index in [1.807, 2.05) is 26.8 Å². The number of nitrogen functional groups attached to an aromatic ring is 1. The Morgan fingerprint density at radius 3 is 2.50 bits per heavy atom. The van der Waals surface area contributed by atoms with Gasteiger partial charge >= 0.3 is 0 Å². The highest BCUT2D eigenvalue weighted by Crippen LogP contribution is 2.46. The van der Waals surface area contributed by atoms with Gasteiger partial charge < -0.3 is 10.6 Å². The van der Waals surface area contributed by atoms with Gasteiger partial charge in [0, 0.05) is 35.6 Å². The molecule has 0 radical (unpaired) electrons. The van der Waals surface area contributed by atoms with E-state index in [-0.39, 0.29) is 11.5 Å². The molecule has 0 bridgehead atoms. The maximum atomic E-state index is 16.6. The third kappa shape index (κ3) is 4.13. The van der Waals surface area contributed by atoms with Crippen LogP contribution in [0.5, 0.6) is 0 Å². The molecule has 7 heteroatoms. The van der Waals surface area contributed by atoms with Crippen LogP contribution in [0, 0.1) is 25.5 Å². The summed E-state index contributed by atoms with van der Waals surface area (Å²) < 4.78 is 31.7. The third-order valence-electron chi connectivity index (χ3n) is 7.29. The molecule has 1 aromatic heterocycles. The molecule has 2 aromatic carbocycles. The summed E-state index contributed by atoms with van der Waals surface area (Å²) in [5, 5.41) is 1.18. The van der Waals surface area contributed by atoms with Crippen molar-refractivity contribution < 1.29 is 8.78 Å². The van der Waals surface area contributed by atoms with E-state index >= 15 is 4.39 Å². The number of benzene rings is 2. The Morgan fingerprint density at radius 1 is 1.22 bits per heavy atom. The van der Waals surface area contributed by atoms with Crippen LogP contribution in [0.1, 0.15) is 55.4 Å². The monoisotopic (exact) mass is 508 g/mol. The van der Waals surface area contributed by atoms with Gasteiger partial charge in [-0.3, -0.25) is 9.98 Å². The molecule has 4 rings (SSSR count). The van der Waals surface area contributed by atoms with Crippen LogP contribution in [-0.4, -0.2) is 36.6 Å². The van der Waals surface area contributed by atoms with Gasteiger partial charge in [-0.15, -0.1) is 17.9 Å². The number of anilines is 1. The Balaban J connectivity index is 2.06. The fourth-order valence-electron chi connectivity index (χ4n) is 5.28. The number of thiophene rings is 1. The number of hydrogen-bond donors (Lipinski definition) is 1. The van der Waals surface area contributed by atoms with Crippen LogP contribution >= 0.6 is 11.3 Å². The van der Waals surface area contributed by atoms with E-state index in [1.54, 1.807) is 6.07 Å². The van der Waals surface area contributed by atoms with E-state index in [4.69, 9.17) is 10.7 Å². The van der Waals surface area contributed by atoms with Crippen LogP contribution in [0.15, 0.2) is 34.8 Å². The summed E-state index contributed by atoms with van der Waals surface area (Å²) in [5.41, 5.74) is 10.6. The highest BCUT2D eigenvalue weighted by molar-refractivity contribution is 7.23. The first kappa shape index (κ1) is 26.0. The first-order valence-corrected chi connectivity index (χ1v) is 13.3. The predicted octanol–water partition coefficient (Wildman–Crippen LogP) is 7.75. The quantitative estimate of drug-likeness (QED) is 0.192. The minimum absolute atomic E-state index is 0.186. The molecule has 190 valence electrons. The van der Waals surface area contributed by atoms with E-state index in [1.165, 1.54) is 23.8 Å². The van der Waals surface area contributed by atoms with Gasteiger partial charge in [0.05, 0.1) is 9.70 Å². The van der Waals surface area contributed by atoms with E-state index in [0.717, 1.165) is 35.4 Å². The van der Waals surface area contributed by atoms with Crippen molar-refractivity contribution in [1.82, 2.24) is 4.90 Å². The molecule has 0 spiro atoms. The first-order valence-electron chi connectivity index (χ1n) is 12.5. The third-order valence-corrected chi connectivity index (χ3v) is 8.42. The molecule has 0 saturated heterocycles. The number of rotatable bonds is 8. The van der Waals surface area contributed by atoms with Crippen molar-refractivity contribution in [2.75, 3.05) is 18.8 Å². The predicted molar refractivity (Wildman–Crippen MR) is 151 cm³/mol. The normalized spacial score (nSPS) is 14.2. The van der Waals surface area contributed by atoms with Crippen molar-refractivity contribution in [3.05, 3.63) is 58.7 Å². The summed E-state index contributed by atoms with van der Waals surface area (Å²) in [6.45, 7) is 16.7. The van der Waals surface area contributed by atoms with Crippen LogP contribution in [0.25, 0.3) is 21.2 Å². The van der Waals surface area contributed by atoms with Crippen LogP contribution in [-0.2, 0) is 6.42 Å². The zero-order valence-electron chi connectivity index (χ0n) is 21.5. The van der Waals surface area contributed by atoms with Crippen molar-refractivity contribution in [2.24, 2.45) is 9.98 Å². The zero-order valence-corrected chi connectivity index (χ0v) is 22.4. The minimum Gasteiger partial charge on any atom is -0.390 e. The number of fused-ring (bicyclic) bond motifs is 1. The molecule has 1 aliphatic rings. The summed E-state index contributed by atoms with van der Waals surface area (Å²) in [7, 11) is 0. The number of amidine groups is 1. The van der Waals surface area contributed by atoms with Crippen LogP contribution in [0.4, 0.5) is 19.5 Å². The maximum Gasteiger partial charge on any atom is 0.157 e. The van der Waals surface area contributed by atoms with Gasteiger partial charge in [0.25, 0.3) is 0 Å². The lowest BCUT2D eigenvalue weighted by molar-refractivity contribution is 0.224. The van der Waals surface area contributed by atoms with E-state index in [2.05, 4.69) is 30.1 Å². The van der Waals surface area contributed by atoms with Crippen molar-refractivity contribution >= 4 is 44.7 Å². The molecule has 0 amide bonds. The summed E-state index contributed by atoms with van der Waals surface area (Å²) in [5.74, 6) is -0.0817. The molecule has 0 aliphatic heterocycles. The minimum atomic E-state index is -0.470. The lowest BCUT2D eigenvalue weighted by Crippen LogP contribution is -2.45. The molecule has 2 N–H and O–H groups in total. The second-order valence-electron chi connectivity index (χ2n) is 9.24. The number of halogens is 2. The van der Waals surface area contributed by atoms with Gasteiger partial charge in [0.1, 0.15) is 17.3 Å². The maximum absolute atomic E-state index is 16.6. The Kier molecular flexibility index (Phi) is 7.59. The number of hydrogen-bond acceptors (Lipinski definition) is 4. The van der Waals surface area contributed by atoms with E-state index < -0.39 is 5.82 Å². The molecular weight excluding hydrogens is 474 g/mol. The first-order chi connectivity index (χ1) is 17.3. The number of nitrogens with two attached hydrogens (primary N) is 1. The van der Waals surface area contributed by atoms with Gasteiger partial charge in [0.2, 0.25) is 0 Å². The average Bonchev–Trinajstić information content (AvgIpc) is 3.12. The fraction of sp³-hybridized carbons (Fsp3) is 0.379. The number of aryl methyl sites for hydroxylation is 1. The molecule has 0 atom stereocenters. The van der Waals surface area contributed by atoms with Crippen molar-refractivity contribution in [1.29, 1.82) is 0 Å². The summed E-state index contributed by atoms with van der Waals surface area (Å²) >= 11 is 1.19. The molecule has 0 unspecified atom stereocenters. The molecule has 1 heterocycles. The summed E-state index contributed by atoms with van der Waals surface area (Å²) in [6.07, 6.45) is 5.83. The number of aliphatic imine (C=N–C) groups is 2. The zero-order chi connectivity index (χ0) is 26.1. The lowest BCUT2D eigenvalue weighted by atomic mass is 9.85. The highest BCUT2D eigenvalue weighted by Gasteiger charge is 2.32. The summed E-state index contributed by atoms with van der Waals surface area (Å²) in [6, 6.07) is 3.37. The highest BCUT2D eigenvalue weighted by atomic mass is 32.1. The molecule has 1 saturated carbocycles. The SMILES string of the molecule is C=CCN(C(=NCC)c1c(CC)c(C)c(-c2ccc(F)c3sc(N)c(C)c23)c(F)c1N=C)C1CCC1. The second kappa shape index (κ2) is 10.5. The Hall–Kier alpha value is -3.06. The van der Waals surface area contributed by atoms with E-state index in [0.29, 0.717) is 57.3 Å². The van der Waals surface area contributed by atoms with Crippen molar-refractivity contribution in [3.8, 4) is 11.1 Å². The average molecular weight is 509 g/mol. The standard InChI is InChI=1S/C29H34F2N4S/c1-7-15-35(18-11-10-12-18)29(34-9-3)24-19(8-2)16(4)22(25(31)26(24)33-6)20-13-14-21(30)27-23(20)17(5)28(32)36-27/h7,13-14,18H,1,6,8-12,15,32H2,2-5H3. The Morgan fingerprint density at radius 2 is 1.94 bits per heavy atom. The van der Waals surface area contributed by atoms with Crippen LogP contribution in [0.3, 0.4) is 0 Å². The molecule has 36 heavy (non-hydrogen) atoms. The fourth-order valence-corrected chi connectivity index (χ4v) is 6.29. The van der Waals surface area contributed by atoms with Gasteiger partial charge in [0.15, 0.2) is 5.82 Å². The molecule has 4 nitrogen and oxygen atoms in total. The van der Waals surface area contributed by atoms with Crippen LogP contribution < -0.4 is 5.73 Å². The second-order valence-corrected chi connectivity index (χ2v) is 10.3. The summed E-state index contributed by atoms with van der Waals surface area (Å²) in [4.78, 5) is 11.3. The lowest BCUT2D eigenvalue weighted by Gasteiger charge is -2.40. The largest absolute Gasteiger partial charge is 0.390 e. The molecule has 1 fully saturated rings. The Bertz CT molecular complexity index is 1370. The van der Waals surface area contributed by atoms with E-state index in [9.17, 15) is 4.39 Å². The molecule has 3 aromatic rings. The number of nitrogens with zero attached hydrogens (tertiary/aromatic N) is 3. The van der Waals surface area contributed by atoms with Crippen molar-refractivity contribution in [2.45, 2.75) is 59.4 Å². The Labute approximate surface area is 216 Å². The molecular formula is C29H34F2N4S.